The molecule has 8 heteroatoms. The Balaban J connectivity index is 1.77. The van der Waals surface area contributed by atoms with Crippen LogP contribution in [0.25, 0.3) is 6.08 Å². The Morgan fingerprint density at radius 2 is 1.96 bits per heavy atom. The molecule has 0 atom stereocenters. The van der Waals surface area contributed by atoms with Gasteiger partial charge < -0.3 is 0 Å². The van der Waals surface area contributed by atoms with Crippen molar-refractivity contribution in [3.05, 3.63) is 75.4 Å². The second kappa shape index (κ2) is 7.35. The quantitative estimate of drug-likeness (QED) is 0.633. The molecule has 0 saturated carbocycles. The van der Waals surface area contributed by atoms with Gasteiger partial charge in [0.25, 0.3) is 11.8 Å². The number of amides is 2. The van der Waals surface area contributed by atoms with Crippen molar-refractivity contribution in [1.29, 1.82) is 0 Å². The third kappa shape index (κ3) is 4.07. The molecule has 1 saturated heterocycles. The number of carbonyl (C=O) groups excluding carboxylic acids is 2. The van der Waals surface area contributed by atoms with Gasteiger partial charge in [0.15, 0.2) is 4.32 Å². The number of hydrogen-bond donors (Lipinski definition) is 1. The molecule has 0 spiro atoms. The Bertz CT molecular complexity index is 900. The number of rotatable bonds is 3. The number of nitrogens with zero attached hydrogens (tertiary/aromatic N) is 1. The van der Waals surface area contributed by atoms with Crippen LogP contribution < -0.4 is 5.43 Å². The first-order valence-electron chi connectivity index (χ1n) is 7.04. The Hall–Kier alpha value is -2.22. The Kier molecular flexibility index (Phi) is 5.17. The van der Waals surface area contributed by atoms with Crippen LogP contribution in [0.1, 0.15) is 15.9 Å². The molecule has 2 aromatic carbocycles. The summed E-state index contributed by atoms with van der Waals surface area (Å²) in [7, 11) is 0. The standard InChI is InChI=1S/C17H10ClFN2O2S2/c18-12-6-4-11(5-7-12)15(22)20-21-16(23)14(25-17(21)24)9-10-2-1-3-13(19)8-10/h1-9H,(H,20,22). The molecular weight excluding hydrogens is 383 g/mol. The van der Waals surface area contributed by atoms with Crippen molar-refractivity contribution in [2.75, 3.05) is 0 Å². The Labute approximate surface area is 157 Å². The van der Waals surface area contributed by atoms with Crippen LogP contribution in [0.4, 0.5) is 4.39 Å². The van der Waals surface area contributed by atoms with Crippen molar-refractivity contribution >= 4 is 57.8 Å². The lowest BCUT2D eigenvalue weighted by atomic mass is 10.2. The molecule has 0 aliphatic carbocycles. The third-order valence-corrected chi connectivity index (χ3v) is 4.81. The van der Waals surface area contributed by atoms with Gasteiger partial charge in [-0.15, -0.1) is 0 Å². The van der Waals surface area contributed by atoms with Gasteiger partial charge in [-0.25, -0.2) is 4.39 Å². The van der Waals surface area contributed by atoms with Crippen molar-refractivity contribution in [2.45, 2.75) is 0 Å². The minimum absolute atomic E-state index is 0.190. The molecule has 0 aromatic heterocycles. The fourth-order valence-electron chi connectivity index (χ4n) is 2.08. The van der Waals surface area contributed by atoms with Crippen LogP contribution in [0.5, 0.6) is 0 Å². The van der Waals surface area contributed by atoms with Crippen LogP contribution >= 0.6 is 35.6 Å². The number of hydrogen-bond acceptors (Lipinski definition) is 4. The normalized spacial score (nSPS) is 15.8. The van der Waals surface area contributed by atoms with E-state index < -0.39 is 17.6 Å². The highest BCUT2D eigenvalue weighted by Crippen LogP contribution is 2.31. The van der Waals surface area contributed by atoms with Crippen LogP contribution in [-0.4, -0.2) is 21.1 Å². The van der Waals surface area contributed by atoms with Gasteiger partial charge in [0, 0.05) is 10.6 Å². The van der Waals surface area contributed by atoms with Crippen LogP contribution in [0.2, 0.25) is 5.02 Å². The van der Waals surface area contributed by atoms with Crippen LogP contribution in [0.3, 0.4) is 0 Å². The maximum atomic E-state index is 13.3. The summed E-state index contributed by atoms with van der Waals surface area (Å²) in [4.78, 5) is 25.0. The summed E-state index contributed by atoms with van der Waals surface area (Å²) < 4.78 is 13.4. The van der Waals surface area contributed by atoms with E-state index in [-0.39, 0.29) is 4.32 Å². The highest BCUT2D eigenvalue weighted by molar-refractivity contribution is 8.26. The van der Waals surface area contributed by atoms with Gasteiger partial charge in [-0.2, -0.15) is 5.01 Å². The number of thiocarbonyl (C=S) groups is 1. The van der Waals surface area contributed by atoms with E-state index in [0.29, 0.717) is 21.1 Å². The Morgan fingerprint density at radius 3 is 2.64 bits per heavy atom. The van der Waals surface area contributed by atoms with Gasteiger partial charge in [-0.1, -0.05) is 35.5 Å². The summed E-state index contributed by atoms with van der Waals surface area (Å²) in [5.41, 5.74) is 3.34. The molecule has 0 radical (unpaired) electrons. The van der Waals surface area contributed by atoms with Gasteiger partial charge in [0.05, 0.1) is 4.91 Å². The smallest absolute Gasteiger partial charge is 0.267 e. The topological polar surface area (TPSA) is 49.4 Å². The van der Waals surface area contributed by atoms with Gasteiger partial charge >= 0.3 is 0 Å². The van der Waals surface area contributed by atoms with E-state index in [2.05, 4.69) is 5.43 Å². The van der Waals surface area contributed by atoms with Crippen molar-refractivity contribution in [3.8, 4) is 0 Å². The second-order valence-electron chi connectivity index (χ2n) is 5.02. The lowest BCUT2D eigenvalue weighted by molar-refractivity contribution is -0.123. The van der Waals surface area contributed by atoms with Crippen molar-refractivity contribution < 1.29 is 14.0 Å². The van der Waals surface area contributed by atoms with E-state index in [1.165, 1.54) is 30.3 Å². The third-order valence-electron chi connectivity index (χ3n) is 3.26. The molecule has 126 valence electrons. The molecule has 0 bridgehead atoms. The first-order valence-corrected chi connectivity index (χ1v) is 8.64. The largest absolute Gasteiger partial charge is 0.285 e. The van der Waals surface area contributed by atoms with E-state index in [9.17, 15) is 14.0 Å². The van der Waals surface area contributed by atoms with E-state index in [0.717, 1.165) is 16.8 Å². The number of thioether (sulfide) groups is 1. The molecule has 1 aliphatic heterocycles. The summed E-state index contributed by atoms with van der Waals surface area (Å²) in [6.45, 7) is 0. The number of carbonyl (C=O) groups is 2. The zero-order chi connectivity index (χ0) is 18.0. The van der Waals surface area contributed by atoms with Gasteiger partial charge in [-0.05, 0) is 60.3 Å². The number of nitrogens with one attached hydrogen (secondary N) is 1. The molecular formula is C17H10ClFN2O2S2. The average molecular weight is 393 g/mol. The van der Waals surface area contributed by atoms with Crippen LogP contribution in [0, 0.1) is 5.82 Å². The molecule has 3 rings (SSSR count). The molecule has 0 unspecified atom stereocenters. The summed E-state index contributed by atoms with van der Waals surface area (Å²) in [6.07, 6.45) is 1.52. The van der Waals surface area contributed by atoms with Gasteiger partial charge in [0.1, 0.15) is 5.82 Å². The highest BCUT2D eigenvalue weighted by atomic mass is 35.5. The molecule has 1 fully saturated rings. The maximum Gasteiger partial charge on any atom is 0.285 e. The molecule has 1 heterocycles. The van der Waals surface area contributed by atoms with E-state index in [4.69, 9.17) is 23.8 Å². The summed E-state index contributed by atoms with van der Waals surface area (Å²) in [6, 6.07) is 12.1. The molecule has 25 heavy (non-hydrogen) atoms. The van der Waals surface area contributed by atoms with Gasteiger partial charge in [0.2, 0.25) is 0 Å². The lowest BCUT2D eigenvalue weighted by Gasteiger charge is -2.15. The lowest BCUT2D eigenvalue weighted by Crippen LogP contribution is -2.44. The number of halogens is 2. The van der Waals surface area contributed by atoms with Crippen molar-refractivity contribution in [1.82, 2.24) is 10.4 Å². The monoisotopic (exact) mass is 392 g/mol. The first-order chi connectivity index (χ1) is 11.9. The molecule has 1 aliphatic rings. The van der Waals surface area contributed by atoms with Crippen molar-refractivity contribution in [3.63, 3.8) is 0 Å². The Morgan fingerprint density at radius 1 is 1.24 bits per heavy atom. The predicted octanol–water partition coefficient (Wildman–Crippen LogP) is 4.03. The summed E-state index contributed by atoms with van der Waals surface area (Å²) >= 11 is 12.0. The zero-order valence-electron chi connectivity index (χ0n) is 12.5. The molecule has 1 N–H and O–H groups in total. The average Bonchev–Trinajstić information content (AvgIpc) is 2.83. The minimum Gasteiger partial charge on any atom is -0.267 e. The summed E-state index contributed by atoms with van der Waals surface area (Å²) in [5.74, 6) is -1.36. The van der Waals surface area contributed by atoms with E-state index in [1.807, 2.05) is 0 Å². The number of benzene rings is 2. The zero-order valence-corrected chi connectivity index (χ0v) is 14.9. The minimum atomic E-state index is -0.486. The number of hydrazine groups is 1. The molecule has 2 amide bonds. The predicted molar refractivity (Wildman–Crippen MR) is 100 cm³/mol. The van der Waals surface area contributed by atoms with Crippen LogP contribution in [0.15, 0.2) is 53.4 Å². The van der Waals surface area contributed by atoms with Gasteiger partial charge in [-0.3, -0.25) is 15.0 Å². The summed E-state index contributed by atoms with van der Waals surface area (Å²) in [5, 5.41) is 1.50. The molecule has 4 nitrogen and oxygen atoms in total. The maximum absolute atomic E-state index is 13.3. The van der Waals surface area contributed by atoms with Crippen molar-refractivity contribution in [2.24, 2.45) is 0 Å². The fraction of sp³-hybridized carbons (Fsp3) is 0. The fourth-order valence-corrected chi connectivity index (χ4v) is 3.38. The van der Waals surface area contributed by atoms with E-state index in [1.54, 1.807) is 24.3 Å². The first kappa shape index (κ1) is 17.6. The van der Waals surface area contributed by atoms with Crippen LogP contribution in [-0.2, 0) is 4.79 Å². The second-order valence-corrected chi connectivity index (χ2v) is 7.13. The highest BCUT2D eigenvalue weighted by Gasteiger charge is 2.33. The SMILES string of the molecule is O=C(NN1C(=O)C(=Cc2cccc(F)c2)SC1=S)c1ccc(Cl)cc1. The molecule has 2 aromatic rings. The van der Waals surface area contributed by atoms with E-state index >= 15 is 0 Å².